The molecule has 5 nitrogen and oxygen atoms in total. The number of nitrogens with zero attached hydrogens (tertiary/aromatic N) is 2. The Morgan fingerprint density at radius 2 is 2.00 bits per heavy atom. The average molecular weight is 302 g/mol. The third-order valence-corrected chi connectivity index (χ3v) is 4.68. The second-order valence-electron chi connectivity index (χ2n) is 4.99. The third-order valence-electron chi connectivity index (χ3n) is 3.82. The zero-order valence-corrected chi connectivity index (χ0v) is 12.6. The molecule has 1 aliphatic rings. The van der Waals surface area contributed by atoms with Crippen LogP contribution in [0.4, 0.5) is 4.79 Å². The Balaban J connectivity index is 2.01. The number of imide groups is 1. The first-order valence-corrected chi connectivity index (χ1v) is 7.53. The fourth-order valence-electron chi connectivity index (χ4n) is 2.63. The maximum absolute atomic E-state index is 12.6. The number of amides is 2. The van der Waals surface area contributed by atoms with Crippen molar-refractivity contribution in [3.63, 3.8) is 0 Å². The number of hydrogen-bond donors (Lipinski definition) is 0. The summed E-state index contributed by atoms with van der Waals surface area (Å²) in [4.78, 5) is 36.9. The van der Waals surface area contributed by atoms with E-state index in [1.165, 1.54) is 0 Å². The van der Waals surface area contributed by atoms with Crippen molar-refractivity contribution in [3.05, 3.63) is 35.5 Å². The van der Waals surface area contributed by atoms with Crippen molar-refractivity contribution in [2.45, 2.75) is 6.92 Å². The molecule has 0 atom stereocenters. The van der Waals surface area contributed by atoms with Crippen LogP contribution >= 0.6 is 11.8 Å². The molecule has 0 N–H and O–H groups in total. The molecule has 1 saturated heterocycles. The fourth-order valence-corrected chi connectivity index (χ4v) is 3.35. The van der Waals surface area contributed by atoms with E-state index in [1.807, 2.05) is 42.8 Å². The number of aromatic nitrogens is 1. The van der Waals surface area contributed by atoms with Crippen LogP contribution in [-0.4, -0.2) is 38.7 Å². The highest BCUT2D eigenvalue weighted by Crippen LogP contribution is 2.26. The van der Waals surface area contributed by atoms with Crippen LogP contribution in [0.2, 0.25) is 0 Å². The van der Waals surface area contributed by atoms with E-state index in [9.17, 15) is 14.4 Å². The monoisotopic (exact) mass is 302 g/mol. The molecular weight excluding hydrogens is 288 g/mol. The van der Waals surface area contributed by atoms with Crippen molar-refractivity contribution in [2.75, 3.05) is 12.3 Å². The smallest absolute Gasteiger partial charge is 0.289 e. The number of Topliss-reactive ketones (excluding diaryl/α,β-unsaturated/α-hetero) is 1. The molecule has 0 unspecified atom stereocenters. The van der Waals surface area contributed by atoms with Gasteiger partial charge in [0.25, 0.3) is 5.24 Å². The SMILES string of the molecule is Cc1c(C(=O)CN2C(=O)CSC2=O)c2ccccc2n1C. The summed E-state index contributed by atoms with van der Waals surface area (Å²) >= 11 is 0.944. The van der Waals surface area contributed by atoms with Crippen molar-refractivity contribution in [2.24, 2.45) is 7.05 Å². The predicted molar refractivity (Wildman–Crippen MR) is 81.6 cm³/mol. The maximum atomic E-state index is 12.6. The quantitative estimate of drug-likeness (QED) is 0.817. The number of hydrogen-bond acceptors (Lipinski definition) is 4. The van der Waals surface area contributed by atoms with Crippen LogP contribution in [-0.2, 0) is 11.8 Å². The van der Waals surface area contributed by atoms with Gasteiger partial charge in [0, 0.05) is 29.2 Å². The number of benzene rings is 1. The van der Waals surface area contributed by atoms with Gasteiger partial charge in [0.15, 0.2) is 5.78 Å². The van der Waals surface area contributed by atoms with Crippen LogP contribution in [0.1, 0.15) is 16.1 Å². The van der Waals surface area contributed by atoms with E-state index in [2.05, 4.69) is 0 Å². The van der Waals surface area contributed by atoms with Gasteiger partial charge < -0.3 is 4.57 Å². The van der Waals surface area contributed by atoms with Gasteiger partial charge in [-0.3, -0.25) is 19.3 Å². The van der Waals surface area contributed by atoms with E-state index in [0.717, 1.165) is 33.3 Å². The number of aryl methyl sites for hydroxylation is 1. The van der Waals surface area contributed by atoms with Gasteiger partial charge >= 0.3 is 0 Å². The molecule has 21 heavy (non-hydrogen) atoms. The van der Waals surface area contributed by atoms with Gasteiger partial charge in [-0.2, -0.15) is 0 Å². The standard InChI is InChI=1S/C15H14N2O3S/c1-9-14(10-5-3-4-6-11(10)16(9)2)12(18)7-17-13(19)8-21-15(17)20/h3-6H,7-8H2,1-2H3. The molecular formula is C15H14N2O3S. The Morgan fingerprint density at radius 3 is 2.67 bits per heavy atom. The number of fused-ring (bicyclic) bond motifs is 1. The fraction of sp³-hybridized carbons (Fsp3) is 0.267. The summed E-state index contributed by atoms with van der Waals surface area (Å²) in [6.45, 7) is 1.69. The molecule has 0 aliphatic carbocycles. The van der Waals surface area contributed by atoms with Gasteiger partial charge in [-0.15, -0.1) is 0 Å². The minimum atomic E-state index is -0.341. The molecule has 2 heterocycles. The van der Waals surface area contributed by atoms with Gasteiger partial charge in [-0.05, 0) is 13.0 Å². The molecule has 0 bridgehead atoms. The molecule has 2 amide bonds. The number of thioether (sulfide) groups is 1. The Morgan fingerprint density at radius 1 is 1.29 bits per heavy atom. The summed E-state index contributed by atoms with van der Waals surface area (Å²) in [5.74, 6) is -0.370. The summed E-state index contributed by atoms with van der Waals surface area (Å²) < 4.78 is 1.95. The van der Waals surface area contributed by atoms with Crippen molar-refractivity contribution in [1.29, 1.82) is 0 Å². The lowest BCUT2D eigenvalue weighted by molar-refractivity contribution is -0.124. The molecule has 1 aromatic heterocycles. The maximum Gasteiger partial charge on any atom is 0.289 e. The summed E-state index contributed by atoms with van der Waals surface area (Å²) in [5, 5.41) is 0.514. The van der Waals surface area contributed by atoms with Crippen LogP contribution in [0, 0.1) is 6.92 Å². The van der Waals surface area contributed by atoms with Crippen LogP contribution < -0.4 is 0 Å². The van der Waals surface area contributed by atoms with E-state index < -0.39 is 0 Å². The Kier molecular flexibility index (Phi) is 3.33. The molecule has 0 saturated carbocycles. The lowest BCUT2D eigenvalue weighted by Gasteiger charge is -2.11. The largest absolute Gasteiger partial charge is 0.347 e. The zero-order chi connectivity index (χ0) is 15.1. The summed E-state index contributed by atoms with van der Waals surface area (Å²) in [5.41, 5.74) is 2.39. The highest BCUT2D eigenvalue weighted by atomic mass is 32.2. The van der Waals surface area contributed by atoms with Crippen LogP contribution in [0.5, 0.6) is 0 Å². The lowest BCUT2D eigenvalue weighted by Crippen LogP contribution is -2.34. The second kappa shape index (κ2) is 5.04. The third kappa shape index (κ3) is 2.15. The van der Waals surface area contributed by atoms with Crippen LogP contribution in [0.3, 0.4) is 0 Å². The van der Waals surface area contributed by atoms with Crippen LogP contribution in [0.15, 0.2) is 24.3 Å². The molecule has 3 rings (SSSR count). The minimum Gasteiger partial charge on any atom is -0.347 e. The van der Waals surface area contributed by atoms with Gasteiger partial charge in [-0.25, -0.2) is 0 Å². The Bertz CT molecular complexity index is 763. The van der Waals surface area contributed by atoms with Crippen LogP contribution in [0.25, 0.3) is 10.9 Å². The average Bonchev–Trinajstić information content (AvgIpc) is 2.91. The predicted octanol–water partition coefficient (Wildman–Crippen LogP) is 2.36. The Labute approximate surface area is 125 Å². The van der Waals surface area contributed by atoms with Gasteiger partial charge in [-0.1, -0.05) is 30.0 Å². The van der Waals surface area contributed by atoms with Crippen molar-refractivity contribution in [3.8, 4) is 0 Å². The minimum absolute atomic E-state index is 0.126. The van der Waals surface area contributed by atoms with E-state index in [4.69, 9.17) is 0 Å². The number of rotatable bonds is 3. The number of carbonyl (C=O) groups is 3. The van der Waals surface area contributed by atoms with Crippen molar-refractivity contribution < 1.29 is 14.4 Å². The summed E-state index contributed by atoms with van der Waals surface area (Å²) in [6, 6.07) is 7.62. The van der Waals surface area contributed by atoms with Gasteiger partial charge in [0.05, 0.1) is 12.3 Å². The molecule has 6 heteroatoms. The second-order valence-corrected chi connectivity index (χ2v) is 5.92. The highest BCUT2D eigenvalue weighted by molar-refractivity contribution is 8.14. The van der Waals surface area contributed by atoms with Gasteiger partial charge in [0.2, 0.25) is 5.91 Å². The topological polar surface area (TPSA) is 59.4 Å². The first kappa shape index (κ1) is 13.9. The van der Waals surface area contributed by atoms with Crippen molar-refractivity contribution in [1.82, 2.24) is 9.47 Å². The Hall–Kier alpha value is -2.08. The molecule has 1 fully saturated rings. The zero-order valence-electron chi connectivity index (χ0n) is 11.8. The molecule has 1 aliphatic heterocycles. The number of carbonyl (C=O) groups excluding carboxylic acids is 3. The molecule has 2 aromatic rings. The van der Waals surface area contributed by atoms with E-state index in [0.29, 0.717) is 5.56 Å². The summed E-state index contributed by atoms with van der Waals surface area (Å²) in [7, 11) is 1.90. The van der Waals surface area contributed by atoms with E-state index >= 15 is 0 Å². The van der Waals surface area contributed by atoms with Crippen molar-refractivity contribution >= 4 is 39.6 Å². The molecule has 0 spiro atoms. The van der Waals surface area contributed by atoms with E-state index in [1.54, 1.807) is 0 Å². The first-order chi connectivity index (χ1) is 10.0. The van der Waals surface area contributed by atoms with E-state index in [-0.39, 0.29) is 29.2 Å². The first-order valence-electron chi connectivity index (χ1n) is 6.55. The number of para-hydroxylation sites is 1. The normalized spacial score (nSPS) is 15.2. The highest BCUT2D eigenvalue weighted by Gasteiger charge is 2.32. The summed E-state index contributed by atoms with van der Waals surface area (Å²) in [6.07, 6.45) is 0. The molecule has 0 radical (unpaired) electrons. The number of ketones is 1. The molecule has 108 valence electrons. The van der Waals surface area contributed by atoms with Gasteiger partial charge in [0.1, 0.15) is 0 Å². The molecule has 1 aromatic carbocycles. The lowest BCUT2D eigenvalue weighted by atomic mass is 10.1.